The van der Waals surface area contributed by atoms with E-state index in [0.717, 1.165) is 31.8 Å². The maximum Gasteiger partial charge on any atom is 0.410 e. The summed E-state index contributed by atoms with van der Waals surface area (Å²) in [6.45, 7) is 13.1. The van der Waals surface area contributed by atoms with E-state index in [1.165, 1.54) is 0 Å². The first-order chi connectivity index (χ1) is 12.3. The van der Waals surface area contributed by atoms with Crippen LogP contribution in [0.2, 0.25) is 0 Å². The molecule has 1 fully saturated rings. The van der Waals surface area contributed by atoms with Gasteiger partial charge in [-0.25, -0.2) is 4.79 Å². The molecule has 1 aliphatic heterocycles. The van der Waals surface area contributed by atoms with Gasteiger partial charge in [-0.15, -0.1) is 0 Å². The Hall–Kier alpha value is -2.93. The molecule has 1 rings (SSSR count). The molecule has 1 heterocycles. The minimum absolute atomic E-state index is 0.163. The summed E-state index contributed by atoms with van der Waals surface area (Å²) in [6, 6.07) is 0. The van der Waals surface area contributed by atoms with Gasteiger partial charge in [-0.3, -0.25) is 0 Å². The van der Waals surface area contributed by atoms with Crippen LogP contribution in [0.25, 0.3) is 0 Å². The molecule has 0 unspecified atom stereocenters. The van der Waals surface area contributed by atoms with Crippen molar-refractivity contribution < 1.29 is 9.53 Å². The lowest BCUT2D eigenvalue weighted by atomic mass is 10.00. The quantitative estimate of drug-likeness (QED) is 0.624. The predicted molar refractivity (Wildman–Crippen MR) is 106 cm³/mol. The molecular formula is C23H27NO2. The number of amides is 1. The number of ether oxygens (including phenoxy) is 1. The first kappa shape index (κ1) is 23.1. The number of likely N-dealkylation sites (tertiary alicyclic amines) is 1. The molecule has 0 atom stereocenters. The fourth-order valence-corrected chi connectivity index (χ4v) is 1.83. The SMILES string of the molecule is CC#CC#CC#CC#CC#CC.CC1CCN(C(=O)OC(C)(C)C)CC1. The highest BCUT2D eigenvalue weighted by molar-refractivity contribution is 5.68. The molecule has 1 aliphatic rings. The van der Waals surface area contributed by atoms with Crippen LogP contribution in [0.5, 0.6) is 0 Å². The van der Waals surface area contributed by atoms with Crippen LogP contribution < -0.4 is 0 Å². The Kier molecular flexibility index (Phi) is 11.9. The van der Waals surface area contributed by atoms with Crippen molar-refractivity contribution in [3.8, 4) is 59.2 Å². The highest BCUT2D eigenvalue weighted by Gasteiger charge is 2.25. The van der Waals surface area contributed by atoms with E-state index in [4.69, 9.17) is 4.74 Å². The number of piperidine rings is 1. The molecule has 0 aromatic carbocycles. The number of hydrogen-bond donors (Lipinski definition) is 0. The van der Waals surface area contributed by atoms with E-state index in [1.807, 2.05) is 25.7 Å². The van der Waals surface area contributed by atoms with Crippen LogP contribution in [0.4, 0.5) is 4.79 Å². The number of hydrogen-bond acceptors (Lipinski definition) is 2. The van der Waals surface area contributed by atoms with E-state index in [-0.39, 0.29) is 11.7 Å². The van der Waals surface area contributed by atoms with E-state index < -0.39 is 0 Å². The Labute approximate surface area is 159 Å². The molecule has 26 heavy (non-hydrogen) atoms. The fraction of sp³-hybridized carbons (Fsp3) is 0.522. The molecule has 3 nitrogen and oxygen atoms in total. The fourth-order valence-electron chi connectivity index (χ4n) is 1.83. The van der Waals surface area contributed by atoms with Gasteiger partial charge >= 0.3 is 6.09 Å². The summed E-state index contributed by atoms with van der Waals surface area (Å²) < 4.78 is 5.30. The van der Waals surface area contributed by atoms with Gasteiger partial charge in [0, 0.05) is 13.1 Å². The van der Waals surface area contributed by atoms with Crippen molar-refractivity contribution in [2.24, 2.45) is 5.92 Å². The molecule has 0 aromatic heterocycles. The Bertz CT molecular complexity index is 709. The molecular weight excluding hydrogens is 322 g/mol. The zero-order valence-electron chi connectivity index (χ0n) is 16.7. The minimum Gasteiger partial charge on any atom is -0.444 e. The molecule has 1 amide bonds. The van der Waals surface area contributed by atoms with Crippen LogP contribution in [-0.4, -0.2) is 29.7 Å². The van der Waals surface area contributed by atoms with Gasteiger partial charge in [0.25, 0.3) is 0 Å². The Balaban J connectivity index is 0.000000488. The zero-order chi connectivity index (χ0) is 19.8. The third-order valence-corrected chi connectivity index (χ3v) is 3.12. The third-order valence-electron chi connectivity index (χ3n) is 3.12. The van der Waals surface area contributed by atoms with Gasteiger partial charge < -0.3 is 9.64 Å². The van der Waals surface area contributed by atoms with Crippen LogP contribution in [-0.2, 0) is 4.74 Å². The summed E-state index contributed by atoms with van der Waals surface area (Å²) >= 11 is 0. The van der Waals surface area contributed by atoms with E-state index in [9.17, 15) is 4.79 Å². The summed E-state index contributed by atoms with van der Waals surface area (Å²) in [7, 11) is 0. The van der Waals surface area contributed by atoms with Crippen LogP contribution in [0, 0.1) is 65.1 Å². The first-order valence-corrected chi connectivity index (χ1v) is 8.61. The predicted octanol–water partition coefficient (Wildman–Crippen LogP) is 3.70. The van der Waals surface area contributed by atoms with E-state index in [1.54, 1.807) is 13.8 Å². The van der Waals surface area contributed by atoms with Crippen LogP contribution in [0.1, 0.15) is 54.4 Å². The average molecular weight is 349 g/mol. The van der Waals surface area contributed by atoms with Gasteiger partial charge in [0.15, 0.2) is 0 Å². The monoisotopic (exact) mass is 349 g/mol. The smallest absolute Gasteiger partial charge is 0.410 e. The molecule has 0 N–H and O–H groups in total. The van der Waals surface area contributed by atoms with Gasteiger partial charge in [0.05, 0.1) is 0 Å². The van der Waals surface area contributed by atoms with Crippen molar-refractivity contribution in [2.75, 3.05) is 13.1 Å². The zero-order valence-corrected chi connectivity index (χ0v) is 16.7. The number of nitrogens with zero attached hydrogens (tertiary/aromatic N) is 1. The molecule has 0 saturated carbocycles. The van der Waals surface area contributed by atoms with Crippen molar-refractivity contribution >= 4 is 6.09 Å². The molecule has 0 aromatic rings. The van der Waals surface area contributed by atoms with Crippen molar-refractivity contribution in [3.05, 3.63) is 0 Å². The normalized spacial score (nSPS) is 12.3. The average Bonchev–Trinajstić information content (AvgIpc) is 2.57. The van der Waals surface area contributed by atoms with E-state index in [0.29, 0.717) is 0 Å². The Morgan fingerprint density at radius 3 is 1.58 bits per heavy atom. The standard InChI is InChI=1S/C12H6.C11H21NO2/c1-3-5-7-9-11-12-10-8-6-4-2;1-9-5-7-12(8-6-9)10(13)14-11(2,3)4/h1-2H3;9H,5-8H2,1-4H3. The number of rotatable bonds is 0. The lowest BCUT2D eigenvalue weighted by Gasteiger charge is -2.32. The molecule has 0 spiro atoms. The van der Waals surface area contributed by atoms with Crippen molar-refractivity contribution in [1.29, 1.82) is 0 Å². The lowest BCUT2D eigenvalue weighted by molar-refractivity contribution is 0.0190. The molecule has 1 saturated heterocycles. The lowest BCUT2D eigenvalue weighted by Crippen LogP contribution is -2.41. The Morgan fingerprint density at radius 1 is 0.846 bits per heavy atom. The molecule has 136 valence electrons. The van der Waals surface area contributed by atoms with Crippen molar-refractivity contribution in [1.82, 2.24) is 4.90 Å². The van der Waals surface area contributed by atoms with Crippen LogP contribution in [0.15, 0.2) is 0 Å². The maximum absolute atomic E-state index is 11.6. The first-order valence-electron chi connectivity index (χ1n) is 8.61. The van der Waals surface area contributed by atoms with Crippen LogP contribution in [0.3, 0.4) is 0 Å². The molecule has 3 heteroatoms. The summed E-state index contributed by atoms with van der Waals surface area (Å²) in [4.78, 5) is 13.4. The maximum atomic E-state index is 11.6. The topological polar surface area (TPSA) is 29.5 Å². The van der Waals surface area contributed by atoms with Gasteiger partial charge in [-0.2, -0.15) is 0 Å². The Morgan fingerprint density at radius 2 is 1.23 bits per heavy atom. The van der Waals surface area contributed by atoms with Crippen LogP contribution >= 0.6 is 0 Å². The summed E-state index contributed by atoms with van der Waals surface area (Å²) in [6.07, 6.45) is 2.03. The van der Waals surface area contributed by atoms with Gasteiger partial charge in [0.2, 0.25) is 0 Å². The number of carbonyl (C=O) groups excluding carboxylic acids is 1. The van der Waals surface area contributed by atoms with Crippen molar-refractivity contribution in [3.63, 3.8) is 0 Å². The molecule has 0 aliphatic carbocycles. The minimum atomic E-state index is -0.375. The van der Waals surface area contributed by atoms with Gasteiger partial charge in [-0.05, 0) is 101 Å². The highest BCUT2D eigenvalue weighted by atomic mass is 16.6. The van der Waals surface area contributed by atoms with E-state index >= 15 is 0 Å². The summed E-state index contributed by atoms with van der Waals surface area (Å²) in [5.41, 5.74) is -0.375. The number of carbonyl (C=O) groups is 1. The summed E-state index contributed by atoms with van der Waals surface area (Å²) in [5.74, 6) is 26.3. The van der Waals surface area contributed by atoms with E-state index in [2.05, 4.69) is 66.1 Å². The summed E-state index contributed by atoms with van der Waals surface area (Å²) in [5, 5.41) is 0. The second-order valence-corrected chi connectivity index (χ2v) is 6.65. The molecule has 0 bridgehead atoms. The highest BCUT2D eigenvalue weighted by Crippen LogP contribution is 2.18. The second kappa shape index (κ2) is 13.4. The second-order valence-electron chi connectivity index (χ2n) is 6.65. The largest absolute Gasteiger partial charge is 0.444 e. The molecule has 0 radical (unpaired) electrons. The van der Waals surface area contributed by atoms with Crippen molar-refractivity contribution in [2.45, 2.75) is 60.0 Å². The van der Waals surface area contributed by atoms with Gasteiger partial charge in [0.1, 0.15) is 5.60 Å². The van der Waals surface area contributed by atoms with Gasteiger partial charge in [-0.1, -0.05) is 18.8 Å². The third kappa shape index (κ3) is 13.5.